The molecule has 10 N–H and O–H groups in total. The molecule has 0 amide bonds. The number of carboxylic acids is 1. The zero-order valence-electron chi connectivity index (χ0n) is 39.8. The number of carbonyl (C=O) groups is 2. The molecule has 0 radical (unpaired) electrons. The van der Waals surface area contributed by atoms with Gasteiger partial charge in [-0.15, -0.1) is 0 Å². The fourth-order valence-corrected chi connectivity index (χ4v) is 15.1. The van der Waals surface area contributed by atoms with Crippen LogP contribution in [0.3, 0.4) is 0 Å². The smallest absolute Gasteiger partial charge is 0.311 e. The van der Waals surface area contributed by atoms with E-state index in [1.807, 2.05) is 13.8 Å². The third-order valence-electron chi connectivity index (χ3n) is 19.5. The van der Waals surface area contributed by atoms with Gasteiger partial charge in [0, 0.05) is 5.41 Å². The summed E-state index contributed by atoms with van der Waals surface area (Å²) >= 11 is 0. The summed E-state index contributed by atoms with van der Waals surface area (Å²) in [6.45, 7) is 11.0. The Labute approximate surface area is 391 Å². The first kappa shape index (κ1) is 51.4. The van der Waals surface area contributed by atoms with Gasteiger partial charge < -0.3 is 84.2 Å². The van der Waals surface area contributed by atoms with Gasteiger partial charge in [-0.2, -0.15) is 0 Å². The highest BCUT2D eigenvalue weighted by molar-refractivity contribution is 5.80. The lowest BCUT2D eigenvalue weighted by atomic mass is 9.33. The second-order valence-corrected chi connectivity index (χ2v) is 22.7. The van der Waals surface area contributed by atoms with Gasteiger partial charge in [0.15, 0.2) is 18.9 Å². The van der Waals surface area contributed by atoms with Crippen LogP contribution in [0.5, 0.6) is 0 Å². The summed E-state index contributed by atoms with van der Waals surface area (Å²) in [5, 5.41) is 108. The molecule has 67 heavy (non-hydrogen) atoms. The number of fused-ring (bicyclic) bond motifs is 7. The lowest BCUT2D eigenvalue weighted by Crippen LogP contribution is -2.67. The predicted molar refractivity (Wildman–Crippen MR) is 231 cm³/mol. The first-order valence-corrected chi connectivity index (χ1v) is 24.3. The Balaban J connectivity index is 1.02. The largest absolute Gasteiger partial charge is 0.481 e. The van der Waals surface area contributed by atoms with E-state index >= 15 is 0 Å². The average molecular weight is 957 g/mol. The molecule has 3 aliphatic heterocycles. The van der Waals surface area contributed by atoms with E-state index in [1.54, 1.807) is 6.92 Å². The maximum absolute atomic E-state index is 13.3. The Morgan fingerprint density at radius 2 is 1.39 bits per heavy atom. The third-order valence-corrected chi connectivity index (χ3v) is 19.5. The highest BCUT2D eigenvalue weighted by Crippen LogP contribution is 2.76. The van der Waals surface area contributed by atoms with Crippen molar-refractivity contribution < 1.29 is 93.8 Å². The summed E-state index contributed by atoms with van der Waals surface area (Å²) in [6, 6.07) is 0. The van der Waals surface area contributed by atoms with E-state index < -0.39 is 128 Å². The van der Waals surface area contributed by atoms with Crippen molar-refractivity contribution in [3.63, 3.8) is 0 Å². The molecule has 3 saturated heterocycles. The molecule has 7 fully saturated rings. The summed E-state index contributed by atoms with van der Waals surface area (Å²) in [5.41, 5.74) is -2.35. The number of aliphatic hydroxyl groups is 9. The van der Waals surface area contributed by atoms with E-state index in [0.717, 1.165) is 18.4 Å². The predicted octanol–water partition coefficient (Wildman–Crippen LogP) is 0.498. The molecule has 5 aliphatic carbocycles. The average Bonchev–Trinajstić information content (AvgIpc) is 3.29. The van der Waals surface area contributed by atoms with Crippen molar-refractivity contribution in [1.82, 2.24) is 0 Å². The Bertz CT molecular complexity index is 1870. The molecule has 3 heterocycles. The zero-order chi connectivity index (χ0) is 49.0. The van der Waals surface area contributed by atoms with Crippen molar-refractivity contribution in [3.8, 4) is 0 Å². The van der Waals surface area contributed by atoms with Gasteiger partial charge in [-0.25, -0.2) is 0 Å². The molecule has 19 nitrogen and oxygen atoms in total. The van der Waals surface area contributed by atoms with Crippen LogP contribution in [0, 0.1) is 50.2 Å². The van der Waals surface area contributed by atoms with Crippen molar-refractivity contribution >= 4 is 11.9 Å². The molecule has 0 aromatic rings. The van der Waals surface area contributed by atoms with Crippen LogP contribution in [0.1, 0.15) is 106 Å². The van der Waals surface area contributed by atoms with Crippen LogP contribution >= 0.6 is 0 Å². The highest BCUT2D eigenvalue weighted by atomic mass is 16.8. The van der Waals surface area contributed by atoms with E-state index in [-0.39, 0.29) is 46.6 Å². The van der Waals surface area contributed by atoms with Crippen LogP contribution < -0.4 is 0 Å². The number of ether oxygens (including phenoxy) is 7. The molecule has 24 atom stereocenters. The lowest BCUT2D eigenvalue weighted by Gasteiger charge is -2.71. The first-order valence-electron chi connectivity index (χ1n) is 24.3. The van der Waals surface area contributed by atoms with Gasteiger partial charge in [0.25, 0.3) is 0 Å². The number of hydrogen-bond donors (Lipinski definition) is 10. The number of methoxy groups -OCH3 is 1. The molecule has 382 valence electrons. The molecular weight excluding hydrogens is 881 g/mol. The molecule has 0 aromatic heterocycles. The highest BCUT2D eigenvalue weighted by Gasteiger charge is 2.71. The number of rotatable bonds is 10. The minimum Gasteiger partial charge on any atom is -0.481 e. The van der Waals surface area contributed by atoms with E-state index in [1.165, 1.54) is 7.11 Å². The van der Waals surface area contributed by atoms with Crippen molar-refractivity contribution in [2.24, 2.45) is 50.2 Å². The quantitative estimate of drug-likeness (QED) is 0.0810. The summed E-state index contributed by atoms with van der Waals surface area (Å²) in [7, 11) is 1.39. The maximum Gasteiger partial charge on any atom is 0.311 e. The summed E-state index contributed by atoms with van der Waals surface area (Å²) in [6.07, 6.45) is -14.2. The van der Waals surface area contributed by atoms with Gasteiger partial charge in [-0.05, 0) is 112 Å². The van der Waals surface area contributed by atoms with Crippen LogP contribution in [0.15, 0.2) is 11.6 Å². The fourth-order valence-electron chi connectivity index (χ4n) is 15.1. The molecule has 8 aliphatic rings. The molecular formula is C48H76O19. The molecule has 0 bridgehead atoms. The summed E-state index contributed by atoms with van der Waals surface area (Å²) in [4.78, 5) is 26.4. The Morgan fingerprint density at radius 1 is 0.731 bits per heavy atom. The van der Waals surface area contributed by atoms with E-state index in [4.69, 9.17) is 33.2 Å². The van der Waals surface area contributed by atoms with E-state index in [0.29, 0.717) is 51.4 Å². The topological polar surface area (TPSA) is 301 Å². The second kappa shape index (κ2) is 18.3. The van der Waals surface area contributed by atoms with Crippen LogP contribution in [-0.4, -0.2) is 182 Å². The van der Waals surface area contributed by atoms with Crippen molar-refractivity contribution in [2.45, 2.75) is 198 Å². The van der Waals surface area contributed by atoms with Crippen LogP contribution in [0.2, 0.25) is 0 Å². The minimum absolute atomic E-state index is 0.0628. The molecule has 4 saturated carbocycles. The number of esters is 1. The van der Waals surface area contributed by atoms with Crippen LogP contribution in [0.4, 0.5) is 0 Å². The Kier molecular flexibility index (Phi) is 14.0. The molecule has 0 spiro atoms. The summed E-state index contributed by atoms with van der Waals surface area (Å²) in [5.74, 6) is -1.34. The van der Waals surface area contributed by atoms with Crippen molar-refractivity contribution in [1.29, 1.82) is 0 Å². The standard InChI is InChI=1S/C48H76O19/c1-22-30(52)32(54)37(67-39-35(57)33(55)36(26(19-49)64-39)66-38-34(56)31(53)25(51)20-62-38)40(63-22)65-29-11-12-44(3)27(45(29,4)21-50)10-13-47(6)28(44)9-8-23-24-18-43(2,42(60)61-7)14-16-48(24,41(58)59)17-15-46(23,47)5/h8,22,24-40,49-57H,9-21H2,1-7H3,(H,58,59)/t22-,24-,25+,26+,27+,28+,29-,30-,31-,32+,33+,34+,35+,36+,37+,38-,39-,40-,43-,44-,45-,46+,47+,48-/m0/s1. The Morgan fingerprint density at radius 3 is 2.04 bits per heavy atom. The fraction of sp³-hybridized carbons (Fsp3) is 0.917. The zero-order valence-corrected chi connectivity index (χ0v) is 39.8. The normalized spacial score (nSPS) is 54.4. The van der Waals surface area contributed by atoms with E-state index in [9.17, 15) is 60.7 Å². The number of carboxylic acid groups (broad SMARTS) is 1. The molecule has 0 aromatic carbocycles. The minimum atomic E-state index is -1.89. The van der Waals surface area contributed by atoms with Gasteiger partial charge in [-0.1, -0.05) is 39.3 Å². The number of hydrogen-bond acceptors (Lipinski definition) is 18. The van der Waals surface area contributed by atoms with Gasteiger partial charge in [0.2, 0.25) is 0 Å². The number of allylic oxidation sites excluding steroid dienone is 2. The van der Waals surface area contributed by atoms with Crippen LogP contribution in [-0.2, 0) is 42.7 Å². The SMILES string of the molecule is COC(=O)[C@@]1(C)CC[C@]2(C(=O)O)CC[C@]3(C)C(=CC[C@@H]4[C@@]5(C)CC[C@H](O[C@@H]6O[C@@H](C)[C@H](O)[C@@H](O)[C@H]6O[C@@H]6O[C@H](CO)[C@@H](O[C@@H]7OC[C@@H](O)[C@H](O)[C@H]7O)[C@H](O)[C@H]6O)[C@@](C)(CO)[C@@H]5CC[C@]43C)[C@@H]2C1. The van der Waals surface area contributed by atoms with Crippen LogP contribution in [0.25, 0.3) is 0 Å². The number of aliphatic carboxylic acids is 1. The van der Waals surface area contributed by atoms with Crippen molar-refractivity contribution in [3.05, 3.63) is 11.6 Å². The first-order chi connectivity index (χ1) is 31.4. The Hall–Kier alpha value is -1.92. The molecule has 19 heteroatoms. The lowest BCUT2D eigenvalue weighted by molar-refractivity contribution is -0.386. The van der Waals surface area contributed by atoms with Gasteiger partial charge in [0.05, 0.1) is 50.0 Å². The second-order valence-electron chi connectivity index (χ2n) is 22.7. The van der Waals surface area contributed by atoms with Crippen molar-refractivity contribution in [2.75, 3.05) is 26.9 Å². The molecule has 0 unspecified atom stereocenters. The van der Waals surface area contributed by atoms with Gasteiger partial charge >= 0.3 is 11.9 Å². The van der Waals surface area contributed by atoms with Gasteiger partial charge in [0.1, 0.15) is 61.0 Å². The molecule has 8 rings (SSSR count). The number of carbonyl (C=O) groups excluding carboxylic acids is 1. The maximum atomic E-state index is 13.3. The van der Waals surface area contributed by atoms with Gasteiger partial charge in [-0.3, -0.25) is 9.59 Å². The number of aliphatic hydroxyl groups excluding tert-OH is 9. The van der Waals surface area contributed by atoms with E-state index in [2.05, 4.69) is 26.8 Å². The summed E-state index contributed by atoms with van der Waals surface area (Å²) < 4.78 is 41.3. The monoisotopic (exact) mass is 956 g/mol. The third kappa shape index (κ3) is 7.88.